The Bertz CT molecular complexity index is 765. The topological polar surface area (TPSA) is 12.9 Å². The lowest BCUT2D eigenvalue weighted by molar-refractivity contribution is 1.32. The molecular formula is C17H10Cl3N. The summed E-state index contributed by atoms with van der Waals surface area (Å²) in [6.07, 6.45) is 1.82. The Hall–Kier alpha value is -1.54. The molecule has 4 heteroatoms. The highest BCUT2D eigenvalue weighted by Crippen LogP contribution is 2.33. The lowest BCUT2D eigenvalue weighted by Gasteiger charge is -2.07. The predicted octanol–water partition coefficient (Wildman–Crippen LogP) is 6.38. The maximum Gasteiger partial charge on any atom is 0.0717 e. The fourth-order valence-corrected chi connectivity index (χ4v) is 2.59. The van der Waals surface area contributed by atoms with Crippen molar-refractivity contribution in [2.75, 3.05) is 0 Å². The van der Waals surface area contributed by atoms with Crippen LogP contribution in [0.1, 0.15) is 0 Å². The van der Waals surface area contributed by atoms with Gasteiger partial charge in [0.15, 0.2) is 0 Å². The van der Waals surface area contributed by atoms with E-state index in [9.17, 15) is 0 Å². The summed E-state index contributed by atoms with van der Waals surface area (Å²) in [6, 6.07) is 17.1. The third kappa shape index (κ3) is 3.06. The number of halogens is 3. The second kappa shape index (κ2) is 6.07. The molecule has 0 unspecified atom stereocenters. The van der Waals surface area contributed by atoms with Crippen molar-refractivity contribution in [1.29, 1.82) is 0 Å². The summed E-state index contributed by atoms with van der Waals surface area (Å²) in [7, 11) is 0. The van der Waals surface area contributed by atoms with Crippen molar-refractivity contribution in [2.45, 2.75) is 0 Å². The van der Waals surface area contributed by atoms with Gasteiger partial charge in [-0.3, -0.25) is 4.98 Å². The highest BCUT2D eigenvalue weighted by molar-refractivity contribution is 6.43. The molecule has 0 fully saturated rings. The van der Waals surface area contributed by atoms with Gasteiger partial charge in [-0.15, -0.1) is 0 Å². The second-order valence-electron chi connectivity index (χ2n) is 4.54. The van der Waals surface area contributed by atoms with Gasteiger partial charge in [0.25, 0.3) is 0 Å². The fraction of sp³-hybridized carbons (Fsp3) is 0. The molecular weight excluding hydrogens is 325 g/mol. The van der Waals surface area contributed by atoms with Crippen LogP contribution in [-0.2, 0) is 0 Å². The molecule has 21 heavy (non-hydrogen) atoms. The number of nitrogens with zero attached hydrogens (tertiary/aromatic N) is 1. The molecule has 0 N–H and O–H groups in total. The van der Waals surface area contributed by atoms with E-state index in [1.54, 1.807) is 6.07 Å². The standard InChI is InChI=1S/C17H10Cl3N/c18-13-7-4-11(5-8-13)12-6-9-16(21-10-12)14-2-1-3-15(19)17(14)20/h1-10H. The van der Waals surface area contributed by atoms with E-state index in [-0.39, 0.29) is 0 Å². The maximum atomic E-state index is 6.22. The largest absolute Gasteiger partial charge is 0.256 e. The normalized spacial score (nSPS) is 10.6. The average Bonchev–Trinajstić information content (AvgIpc) is 2.51. The van der Waals surface area contributed by atoms with Gasteiger partial charge in [0.2, 0.25) is 0 Å². The summed E-state index contributed by atoms with van der Waals surface area (Å²) in [5.74, 6) is 0. The summed E-state index contributed by atoms with van der Waals surface area (Å²) >= 11 is 18.1. The van der Waals surface area contributed by atoms with Crippen molar-refractivity contribution < 1.29 is 0 Å². The minimum absolute atomic E-state index is 0.519. The molecule has 1 nitrogen and oxygen atoms in total. The highest BCUT2D eigenvalue weighted by atomic mass is 35.5. The van der Waals surface area contributed by atoms with Crippen LogP contribution in [-0.4, -0.2) is 4.98 Å². The van der Waals surface area contributed by atoms with Crippen LogP contribution in [0.5, 0.6) is 0 Å². The first-order valence-corrected chi connectivity index (χ1v) is 7.45. The van der Waals surface area contributed by atoms with Gasteiger partial charge in [0, 0.05) is 22.3 Å². The van der Waals surface area contributed by atoms with Gasteiger partial charge in [-0.05, 0) is 29.8 Å². The minimum atomic E-state index is 0.519. The van der Waals surface area contributed by atoms with Crippen LogP contribution in [0.4, 0.5) is 0 Å². The van der Waals surface area contributed by atoms with E-state index in [0.717, 1.165) is 22.4 Å². The molecule has 0 saturated carbocycles. The van der Waals surface area contributed by atoms with E-state index in [1.165, 1.54) is 0 Å². The third-order valence-electron chi connectivity index (χ3n) is 3.17. The molecule has 1 heterocycles. The zero-order valence-electron chi connectivity index (χ0n) is 10.9. The van der Waals surface area contributed by atoms with Crippen LogP contribution < -0.4 is 0 Å². The summed E-state index contributed by atoms with van der Waals surface area (Å²) in [6.45, 7) is 0. The molecule has 0 amide bonds. The molecule has 0 saturated heterocycles. The van der Waals surface area contributed by atoms with E-state index >= 15 is 0 Å². The van der Waals surface area contributed by atoms with Crippen molar-refractivity contribution in [2.24, 2.45) is 0 Å². The first-order chi connectivity index (χ1) is 10.1. The summed E-state index contributed by atoms with van der Waals surface area (Å²) < 4.78 is 0. The molecule has 0 aliphatic rings. The van der Waals surface area contributed by atoms with Crippen molar-refractivity contribution >= 4 is 34.8 Å². The smallest absolute Gasteiger partial charge is 0.0717 e. The van der Waals surface area contributed by atoms with Crippen molar-refractivity contribution in [3.8, 4) is 22.4 Å². The number of hydrogen-bond acceptors (Lipinski definition) is 1. The van der Waals surface area contributed by atoms with Crippen LogP contribution in [0.15, 0.2) is 60.8 Å². The van der Waals surface area contributed by atoms with E-state index in [2.05, 4.69) is 4.98 Å². The lowest BCUT2D eigenvalue weighted by Crippen LogP contribution is -1.86. The predicted molar refractivity (Wildman–Crippen MR) is 90.1 cm³/mol. The van der Waals surface area contributed by atoms with E-state index in [0.29, 0.717) is 15.1 Å². The molecule has 0 aliphatic carbocycles. The Kier molecular flexibility index (Phi) is 4.16. The van der Waals surface area contributed by atoms with Gasteiger partial charge >= 0.3 is 0 Å². The quantitative estimate of drug-likeness (QED) is 0.530. The van der Waals surface area contributed by atoms with Crippen LogP contribution in [0.25, 0.3) is 22.4 Å². The molecule has 0 spiro atoms. The third-order valence-corrected chi connectivity index (χ3v) is 4.24. The average molecular weight is 335 g/mol. The maximum absolute atomic E-state index is 6.22. The Morgan fingerprint density at radius 1 is 0.714 bits per heavy atom. The van der Waals surface area contributed by atoms with Gasteiger partial charge in [0.1, 0.15) is 0 Å². The van der Waals surface area contributed by atoms with Crippen LogP contribution in [0.2, 0.25) is 15.1 Å². The van der Waals surface area contributed by atoms with Crippen molar-refractivity contribution in [3.05, 3.63) is 75.9 Å². The first kappa shape index (κ1) is 14.4. The van der Waals surface area contributed by atoms with E-state index in [4.69, 9.17) is 34.8 Å². The first-order valence-electron chi connectivity index (χ1n) is 6.31. The molecule has 0 aliphatic heterocycles. The Morgan fingerprint density at radius 2 is 1.43 bits per heavy atom. The van der Waals surface area contributed by atoms with Gasteiger partial charge in [-0.25, -0.2) is 0 Å². The molecule has 1 aromatic heterocycles. The monoisotopic (exact) mass is 333 g/mol. The van der Waals surface area contributed by atoms with E-state index < -0.39 is 0 Å². The molecule has 104 valence electrons. The van der Waals surface area contributed by atoms with Gasteiger partial charge in [0.05, 0.1) is 15.7 Å². The second-order valence-corrected chi connectivity index (χ2v) is 5.76. The molecule has 0 radical (unpaired) electrons. The highest BCUT2D eigenvalue weighted by Gasteiger charge is 2.08. The summed E-state index contributed by atoms with van der Waals surface area (Å²) in [5.41, 5.74) is 3.70. The Labute approximate surface area is 138 Å². The molecule has 3 aromatic rings. The minimum Gasteiger partial charge on any atom is -0.256 e. The summed E-state index contributed by atoms with van der Waals surface area (Å²) in [4.78, 5) is 4.47. The fourth-order valence-electron chi connectivity index (χ4n) is 2.07. The number of rotatable bonds is 2. The number of benzene rings is 2. The zero-order valence-corrected chi connectivity index (χ0v) is 13.1. The molecule has 0 atom stereocenters. The van der Waals surface area contributed by atoms with E-state index in [1.807, 2.05) is 54.7 Å². The van der Waals surface area contributed by atoms with Crippen LogP contribution >= 0.6 is 34.8 Å². The molecule has 3 rings (SSSR count). The Morgan fingerprint density at radius 3 is 2.10 bits per heavy atom. The van der Waals surface area contributed by atoms with Crippen LogP contribution in [0, 0.1) is 0 Å². The van der Waals surface area contributed by atoms with Crippen LogP contribution in [0.3, 0.4) is 0 Å². The summed E-state index contributed by atoms with van der Waals surface area (Å²) in [5, 5.41) is 1.76. The van der Waals surface area contributed by atoms with Crippen molar-refractivity contribution in [1.82, 2.24) is 4.98 Å². The number of pyridine rings is 1. The molecule has 2 aromatic carbocycles. The lowest BCUT2D eigenvalue weighted by atomic mass is 10.1. The Balaban J connectivity index is 1.97. The SMILES string of the molecule is Clc1ccc(-c2ccc(-c3cccc(Cl)c3Cl)nc2)cc1. The van der Waals surface area contributed by atoms with Gasteiger partial charge in [-0.1, -0.05) is 65.1 Å². The van der Waals surface area contributed by atoms with Crippen molar-refractivity contribution in [3.63, 3.8) is 0 Å². The zero-order chi connectivity index (χ0) is 14.8. The van der Waals surface area contributed by atoms with Gasteiger partial charge in [-0.2, -0.15) is 0 Å². The van der Waals surface area contributed by atoms with Gasteiger partial charge < -0.3 is 0 Å². The number of hydrogen-bond donors (Lipinski definition) is 0. The molecule has 0 bridgehead atoms. The number of aromatic nitrogens is 1.